The van der Waals surface area contributed by atoms with Gasteiger partial charge >= 0.3 is 0 Å². The first-order valence-electron chi connectivity index (χ1n) is 9.40. The molecule has 34 heavy (non-hydrogen) atoms. The summed E-state index contributed by atoms with van der Waals surface area (Å²) in [4.78, 5) is 8.64. The Morgan fingerprint density at radius 2 is 1.41 bits per heavy atom. The fourth-order valence-electron chi connectivity index (χ4n) is 2.96. The zero-order valence-corrected chi connectivity index (χ0v) is 19.0. The maximum Gasteiger partial charge on any atom is 0.263 e. The van der Waals surface area contributed by atoms with Gasteiger partial charge in [-0.2, -0.15) is 0 Å². The van der Waals surface area contributed by atoms with E-state index < -0.39 is 20.0 Å². The SMILES string of the molecule is NS(=O)(=O)c1ccc(Nc2nc3ccccc3nc2NS(=O)(=O)c2cccc([NH2+][O-])c2)cc1.O. The van der Waals surface area contributed by atoms with Gasteiger partial charge < -0.3 is 21.5 Å². The zero-order chi connectivity index (χ0) is 23.6. The van der Waals surface area contributed by atoms with E-state index in [1.807, 2.05) is 0 Å². The van der Waals surface area contributed by atoms with Gasteiger partial charge in [-0.1, -0.05) is 18.2 Å². The lowest BCUT2D eigenvalue weighted by molar-refractivity contribution is -0.497. The summed E-state index contributed by atoms with van der Waals surface area (Å²) < 4.78 is 51.3. The average Bonchev–Trinajstić information content (AvgIpc) is 2.79. The second-order valence-electron chi connectivity index (χ2n) is 6.90. The van der Waals surface area contributed by atoms with Gasteiger partial charge in [0, 0.05) is 11.8 Å². The molecule has 0 aliphatic rings. The van der Waals surface area contributed by atoms with Crippen molar-refractivity contribution in [1.29, 1.82) is 0 Å². The number of nitrogens with one attached hydrogen (secondary N) is 2. The molecule has 1 heterocycles. The van der Waals surface area contributed by atoms with Gasteiger partial charge in [0.2, 0.25) is 10.0 Å². The molecule has 0 aliphatic heterocycles. The lowest BCUT2D eigenvalue weighted by atomic mass is 10.3. The van der Waals surface area contributed by atoms with Crippen LogP contribution in [0.25, 0.3) is 11.0 Å². The van der Waals surface area contributed by atoms with Crippen LogP contribution in [-0.4, -0.2) is 32.3 Å². The Labute approximate surface area is 194 Å². The molecule has 12 nitrogen and oxygen atoms in total. The highest BCUT2D eigenvalue weighted by atomic mass is 32.2. The smallest absolute Gasteiger partial charge is 0.263 e. The number of hydrogen-bond donors (Lipinski definition) is 4. The summed E-state index contributed by atoms with van der Waals surface area (Å²) in [5.74, 6) is 0.00732. The first-order valence-corrected chi connectivity index (χ1v) is 12.4. The molecule has 0 atom stereocenters. The molecule has 0 unspecified atom stereocenters. The van der Waals surface area contributed by atoms with Crippen LogP contribution < -0.4 is 20.7 Å². The summed E-state index contributed by atoms with van der Waals surface area (Å²) in [6.07, 6.45) is 0. The van der Waals surface area contributed by atoms with Gasteiger partial charge in [0.25, 0.3) is 10.0 Å². The lowest BCUT2D eigenvalue weighted by Gasteiger charge is -2.14. The number of fused-ring (bicyclic) bond motifs is 1. The van der Waals surface area contributed by atoms with E-state index in [-0.39, 0.29) is 32.6 Å². The summed E-state index contributed by atoms with van der Waals surface area (Å²) in [6.45, 7) is 0. The van der Waals surface area contributed by atoms with Gasteiger partial charge in [0.1, 0.15) is 5.69 Å². The van der Waals surface area contributed by atoms with E-state index in [1.54, 1.807) is 24.3 Å². The molecule has 0 spiro atoms. The largest absolute Gasteiger partial charge is 0.630 e. The molecule has 0 amide bonds. The van der Waals surface area contributed by atoms with Crippen LogP contribution >= 0.6 is 0 Å². The van der Waals surface area contributed by atoms with Gasteiger partial charge in [-0.05, 0) is 48.5 Å². The monoisotopic (exact) mass is 504 g/mol. The molecule has 4 rings (SSSR count). The fourth-order valence-corrected chi connectivity index (χ4v) is 4.54. The third kappa shape index (κ3) is 5.45. The topological polar surface area (TPSA) is 215 Å². The molecule has 178 valence electrons. The molecule has 0 aliphatic carbocycles. The van der Waals surface area contributed by atoms with Crippen LogP contribution in [0, 0.1) is 5.21 Å². The quantitative estimate of drug-likeness (QED) is 0.207. The van der Waals surface area contributed by atoms with Gasteiger partial charge in [-0.3, -0.25) is 4.72 Å². The number of nitrogens with two attached hydrogens (primary N) is 2. The third-order valence-electron chi connectivity index (χ3n) is 4.55. The molecule has 14 heteroatoms. The number of rotatable bonds is 7. The van der Waals surface area contributed by atoms with Crippen molar-refractivity contribution in [3.05, 3.63) is 78.0 Å². The van der Waals surface area contributed by atoms with Crippen LogP contribution in [0.5, 0.6) is 0 Å². The average molecular weight is 505 g/mol. The van der Waals surface area contributed by atoms with Gasteiger partial charge in [-0.25, -0.2) is 31.9 Å². The van der Waals surface area contributed by atoms with E-state index in [0.717, 1.165) is 0 Å². The van der Waals surface area contributed by atoms with E-state index in [2.05, 4.69) is 20.0 Å². The van der Waals surface area contributed by atoms with E-state index in [1.165, 1.54) is 48.5 Å². The van der Waals surface area contributed by atoms with Crippen molar-refractivity contribution in [3.63, 3.8) is 0 Å². The molecule has 1 aromatic heterocycles. The number of anilines is 3. The van der Waals surface area contributed by atoms with Gasteiger partial charge in [0.15, 0.2) is 11.6 Å². The van der Waals surface area contributed by atoms with Crippen molar-refractivity contribution >= 4 is 54.1 Å². The normalized spacial score (nSPS) is 11.6. The highest BCUT2D eigenvalue weighted by Gasteiger charge is 2.20. The van der Waals surface area contributed by atoms with Crippen molar-refractivity contribution in [2.45, 2.75) is 9.79 Å². The van der Waals surface area contributed by atoms with E-state index in [9.17, 15) is 22.0 Å². The lowest BCUT2D eigenvalue weighted by Crippen LogP contribution is -2.70. The highest BCUT2D eigenvalue weighted by molar-refractivity contribution is 7.92. The molecule has 0 saturated heterocycles. The Balaban J connectivity index is 0.00000324. The second-order valence-corrected chi connectivity index (χ2v) is 10.1. The predicted octanol–water partition coefficient (Wildman–Crippen LogP) is 0.690. The number of quaternary nitrogens is 1. The maximum absolute atomic E-state index is 13.0. The molecule has 4 aromatic rings. The van der Waals surface area contributed by atoms with E-state index in [4.69, 9.17) is 5.14 Å². The van der Waals surface area contributed by atoms with Crippen molar-refractivity contribution in [2.24, 2.45) is 5.14 Å². The molecule has 8 N–H and O–H groups in total. The highest BCUT2D eigenvalue weighted by Crippen LogP contribution is 2.27. The van der Waals surface area contributed by atoms with Crippen molar-refractivity contribution in [1.82, 2.24) is 9.97 Å². The van der Waals surface area contributed by atoms with Crippen LogP contribution in [0.1, 0.15) is 0 Å². The van der Waals surface area contributed by atoms with Crippen LogP contribution in [0.3, 0.4) is 0 Å². The minimum absolute atomic E-state index is 0. The first kappa shape index (κ1) is 25.0. The first-order chi connectivity index (χ1) is 15.7. The van der Waals surface area contributed by atoms with Crippen molar-refractivity contribution in [2.75, 3.05) is 10.0 Å². The molecular formula is C20H20N6O6S2. The molecule has 3 aromatic carbocycles. The number of aromatic nitrogens is 2. The maximum atomic E-state index is 13.0. The number of benzene rings is 3. The Morgan fingerprint density at radius 1 is 0.794 bits per heavy atom. The Hall–Kier alpha value is -3.66. The van der Waals surface area contributed by atoms with Gasteiger partial charge in [0.05, 0.1) is 20.8 Å². The summed E-state index contributed by atoms with van der Waals surface area (Å²) in [5, 5.41) is 19.1. The number of nitrogens with zero attached hydrogens (tertiary/aromatic N) is 2. The van der Waals surface area contributed by atoms with Crippen molar-refractivity contribution in [3.8, 4) is 0 Å². The second kappa shape index (κ2) is 9.68. The zero-order valence-electron chi connectivity index (χ0n) is 17.3. The number of primary sulfonamides is 1. The minimum Gasteiger partial charge on any atom is -0.630 e. The summed E-state index contributed by atoms with van der Waals surface area (Å²) in [6, 6.07) is 18.0. The number of para-hydroxylation sites is 2. The molecule has 0 fully saturated rings. The fraction of sp³-hybridized carbons (Fsp3) is 0. The van der Waals surface area contributed by atoms with Crippen molar-refractivity contribution < 1.29 is 27.8 Å². The molecule has 0 saturated carbocycles. The van der Waals surface area contributed by atoms with Gasteiger partial charge in [-0.15, -0.1) is 0 Å². The number of hydrogen-bond acceptors (Lipinski definition) is 8. The van der Waals surface area contributed by atoms with Crippen LogP contribution in [0.15, 0.2) is 82.6 Å². The Bertz CT molecular complexity index is 1540. The minimum atomic E-state index is -4.10. The Morgan fingerprint density at radius 3 is 2.00 bits per heavy atom. The summed E-state index contributed by atoms with van der Waals surface area (Å²) in [5.41, 5.74) is 2.14. The number of sulfonamides is 2. The summed E-state index contributed by atoms with van der Waals surface area (Å²) >= 11 is 0. The van der Waals surface area contributed by atoms with E-state index in [0.29, 0.717) is 22.2 Å². The van der Waals surface area contributed by atoms with Crippen LogP contribution in [0.4, 0.5) is 23.0 Å². The van der Waals surface area contributed by atoms with E-state index >= 15 is 0 Å². The Kier molecular flexibility index (Phi) is 7.11. The third-order valence-corrected chi connectivity index (χ3v) is 6.82. The van der Waals surface area contributed by atoms with Crippen LogP contribution in [-0.2, 0) is 20.0 Å². The molecule has 0 bridgehead atoms. The molecular weight excluding hydrogens is 484 g/mol. The molecule has 0 radical (unpaired) electrons. The standard InChI is InChI=1S/C20H18N6O5S2.H2O/c21-32(28,29)15-10-8-13(9-11-15)22-19-20(24-18-7-2-1-6-17(18)23-19)26-33(30,31)16-5-3-4-14(12-16)25-27;/h1-12H,25H2,(H,22,23)(H,24,26)(H2,21,28,29);1H2. The summed E-state index contributed by atoms with van der Waals surface area (Å²) in [7, 11) is -7.96. The van der Waals surface area contributed by atoms with Crippen LogP contribution in [0.2, 0.25) is 0 Å². The predicted molar refractivity (Wildman–Crippen MR) is 126 cm³/mol.